The molecular formula is C27H35NO8. The van der Waals surface area contributed by atoms with Gasteiger partial charge in [0.15, 0.2) is 23.4 Å². The van der Waals surface area contributed by atoms with Crippen molar-refractivity contribution >= 4 is 11.8 Å². The van der Waals surface area contributed by atoms with Crippen LogP contribution in [0.25, 0.3) is 0 Å². The third-order valence-corrected chi connectivity index (χ3v) is 8.82. The molecule has 1 aromatic rings. The summed E-state index contributed by atoms with van der Waals surface area (Å²) in [6.45, 7) is 2.91. The quantitative estimate of drug-likeness (QED) is 0.262. The highest BCUT2D eigenvalue weighted by Crippen LogP contribution is 2.65. The Morgan fingerprint density at radius 2 is 1.94 bits per heavy atom. The SMILES string of the molecule is O=C(CCOCCOCCO)Oc1ccc2c3c1O[C@H]1C(=O)CC[C@@]4(O)[C@@H](C2)N(CC2CC2)CC[C@]314. The van der Waals surface area contributed by atoms with E-state index < -0.39 is 23.1 Å². The molecule has 0 aromatic heterocycles. The van der Waals surface area contributed by atoms with Gasteiger partial charge in [0.05, 0.1) is 50.5 Å². The molecule has 1 saturated heterocycles. The first-order valence-corrected chi connectivity index (χ1v) is 13.3. The van der Waals surface area contributed by atoms with Crippen LogP contribution in [0.3, 0.4) is 0 Å². The zero-order valence-corrected chi connectivity index (χ0v) is 20.6. The van der Waals surface area contributed by atoms with Crippen molar-refractivity contribution in [2.24, 2.45) is 5.92 Å². The second kappa shape index (κ2) is 9.36. The molecule has 1 aromatic carbocycles. The number of ketones is 1. The second-order valence-corrected chi connectivity index (χ2v) is 10.9. The van der Waals surface area contributed by atoms with Gasteiger partial charge >= 0.3 is 5.97 Å². The predicted octanol–water partition coefficient (Wildman–Crippen LogP) is 1.14. The maximum atomic E-state index is 13.1. The minimum atomic E-state index is -1.04. The number of hydrogen-bond acceptors (Lipinski definition) is 9. The highest BCUT2D eigenvalue weighted by atomic mass is 16.6. The van der Waals surface area contributed by atoms with Gasteiger partial charge in [0.25, 0.3) is 0 Å². The number of ether oxygens (including phenoxy) is 4. The summed E-state index contributed by atoms with van der Waals surface area (Å²) in [7, 11) is 0. The molecule has 3 aliphatic carbocycles. The van der Waals surface area contributed by atoms with Crippen LogP contribution < -0.4 is 9.47 Å². The van der Waals surface area contributed by atoms with Crippen LogP contribution in [0.15, 0.2) is 12.1 Å². The topological polar surface area (TPSA) is 115 Å². The van der Waals surface area contributed by atoms with Crippen molar-refractivity contribution in [3.05, 3.63) is 23.3 Å². The summed E-state index contributed by atoms with van der Waals surface area (Å²) in [6.07, 6.45) is 3.95. The molecule has 9 nitrogen and oxygen atoms in total. The van der Waals surface area contributed by atoms with Crippen LogP contribution in [0.1, 0.15) is 49.7 Å². The molecule has 2 heterocycles. The molecule has 36 heavy (non-hydrogen) atoms. The lowest BCUT2D eigenvalue weighted by Gasteiger charge is -2.62. The van der Waals surface area contributed by atoms with Crippen LogP contribution in [-0.4, -0.2) is 90.7 Å². The number of Topliss-reactive ketones (excluding diaryl/α,β-unsaturated/α-hetero) is 1. The third kappa shape index (κ3) is 3.79. The van der Waals surface area contributed by atoms with Gasteiger partial charge in [-0.3, -0.25) is 14.5 Å². The number of nitrogens with zero attached hydrogens (tertiary/aromatic N) is 1. The summed E-state index contributed by atoms with van der Waals surface area (Å²) >= 11 is 0. The van der Waals surface area contributed by atoms with Gasteiger partial charge in [0.1, 0.15) is 0 Å². The third-order valence-electron chi connectivity index (χ3n) is 8.82. The fourth-order valence-corrected chi connectivity index (χ4v) is 7.05. The zero-order valence-electron chi connectivity index (χ0n) is 20.6. The van der Waals surface area contributed by atoms with Crippen LogP contribution in [-0.2, 0) is 30.9 Å². The molecule has 2 N–H and O–H groups in total. The fourth-order valence-electron chi connectivity index (χ4n) is 7.05. The highest BCUT2D eigenvalue weighted by molar-refractivity contribution is 5.90. The van der Waals surface area contributed by atoms with Gasteiger partial charge in [-0.1, -0.05) is 6.07 Å². The highest BCUT2D eigenvalue weighted by Gasteiger charge is 2.73. The van der Waals surface area contributed by atoms with E-state index in [-0.39, 0.29) is 38.1 Å². The van der Waals surface area contributed by atoms with Gasteiger partial charge < -0.3 is 29.2 Å². The first kappa shape index (κ1) is 24.3. The number of benzene rings is 1. The molecule has 4 atom stereocenters. The molecule has 6 rings (SSSR count). The molecule has 5 aliphatic rings. The van der Waals surface area contributed by atoms with Crippen molar-refractivity contribution in [3.63, 3.8) is 0 Å². The molecule has 9 heteroatoms. The van der Waals surface area contributed by atoms with Crippen molar-refractivity contribution in [1.82, 2.24) is 4.90 Å². The molecule has 0 radical (unpaired) electrons. The van der Waals surface area contributed by atoms with Gasteiger partial charge in [-0.2, -0.15) is 0 Å². The number of carbonyl (C=O) groups excluding carboxylic acids is 2. The lowest BCUT2D eigenvalue weighted by Crippen LogP contribution is -2.76. The standard InChI is InChI=1S/C27H35NO8/c29-10-12-34-14-13-33-11-6-22(31)35-20-4-3-18-15-21-27(32)7-5-19(30)25-26(27,23(18)24(20)36-25)8-9-28(21)16-17-1-2-17/h3-4,17,21,25,29,32H,1-2,5-16H2/t21-,25+,26+,27-/m1/s1. The smallest absolute Gasteiger partial charge is 0.313 e. The zero-order chi connectivity index (χ0) is 24.9. The van der Waals surface area contributed by atoms with Gasteiger partial charge in [0, 0.05) is 24.6 Å². The molecule has 196 valence electrons. The Morgan fingerprint density at radius 1 is 1.14 bits per heavy atom. The van der Waals surface area contributed by atoms with Crippen LogP contribution in [0, 0.1) is 5.92 Å². The Balaban J connectivity index is 1.22. The largest absolute Gasteiger partial charge is 0.477 e. The molecular weight excluding hydrogens is 466 g/mol. The van der Waals surface area contributed by atoms with E-state index in [4.69, 9.17) is 24.1 Å². The Kier molecular flexibility index (Phi) is 6.32. The minimum Gasteiger partial charge on any atom is -0.477 e. The molecule has 2 bridgehead atoms. The normalized spacial score (nSPS) is 32.2. The van der Waals surface area contributed by atoms with E-state index in [9.17, 15) is 14.7 Å². The number of aliphatic hydroxyl groups is 2. The molecule has 2 aliphatic heterocycles. The number of likely N-dealkylation sites (tertiary alicyclic amines) is 1. The van der Waals surface area contributed by atoms with Crippen molar-refractivity contribution in [1.29, 1.82) is 0 Å². The van der Waals surface area contributed by atoms with E-state index in [1.54, 1.807) is 6.07 Å². The Labute approximate surface area is 210 Å². The number of aliphatic hydroxyl groups excluding tert-OH is 1. The summed E-state index contributed by atoms with van der Waals surface area (Å²) in [4.78, 5) is 28.2. The Morgan fingerprint density at radius 3 is 2.72 bits per heavy atom. The molecule has 3 fully saturated rings. The van der Waals surface area contributed by atoms with Crippen LogP contribution in [0.2, 0.25) is 0 Å². The van der Waals surface area contributed by atoms with Gasteiger partial charge in [-0.25, -0.2) is 0 Å². The monoisotopic (exact) mass is 501 g/mol. The number of carbonyl (C=O) groups is 2. The van der Waals surface area contributed by atoms with Crippen molar-refractivity contribution in [2.75, 3.05) is 46.1 Å². The Hall–Kier alpha value is -2.04. The fraction of sp³-hybridized carbons (Fsp3) is 0.704. The maximum Gasteiger partial charge on any atom is 0.313 e. The number of esters is 1. The molecule has 1 spiro atoms. The van der Waals surface area contributed by atoms with Gasteiger partial charge in [-0.05, 0) is 56.2 Å². The van der Waals surface area contributed by atoms with Crippen LogP contribution in [0.4, 0.5) is 0 Å². The minimum absolute atomic E-state index is 0.0206. The van der Waals surface area contributed by atoms with Crippen molar-refractivity contribution in [2.45, 2.75) is 68.1 Å². The van der Waals surface area contributed by atoms with E-state index in [1.165, 1.54) is 12.8 Å². The number of rotatable bonds is 11. The summed E-state index contributed by atoms with van der Waals surface area (Å²) in [6, 6.07) is 3.71. The molecule has 2 saturated carbocycles. The number of hydrogen-bond donors (Lipinski definition) is 2. The first-order valence-electron chi connectivity index (χ1n) is 13.3. The Bertz CT molecular complexity index is 1040. The first-order chi connectivity index (χ1) is 17.5. The average molecular weight is 502 g/mol. The van der Waals surface area contributed by atoms with Crippen LogP contribution in [0.5, 0.6) is 11.5 Å². The maximum absolute atomic E-state index is 13.1. The van der Waals surface area contributed by atoms with E-state index in [0.29, 0.717) is 50.4 Å². The van der Waals surface area contributed by atoms with Crippen molar-refractivity contribution in [3.8, 4) is 11.5 Å². The van der Waals surface area contributed by atoms with Crippen molar-refractivity contribution < 1.29 is 38.7 Å². The lowest BCUT2D eigenvalue weighted by molar-refractivity contribution is -0.188. The average Bonchev–Trinajstić information content (AvgIpc) is 3.60. The molecule has 0 amide bonds. The summed E-state index contributed by atoms with van der Waals surface area (Å²) in [5.74, 6) is 1.05. The summed E-state index contributed by atoms with van der Waals surface area (Å²) in [5, 5.41) is 21.0. The van der Waals surface area contributed by atoms with E-state index in [0.717, 1.165) is 30.1 Å². The van der Waals surface area contributed by atoms with E-state index in [1.807, 2.05) is 6.07 Å². The predicted molar refractivity (Wildman–Crippen MR) is 127 cm³/mol. The summed E-state index contributed by atoms with van der Waals surface area (Å²) in [5.41, 5.74) is 0.151. The van der Waals surface area contributed by atoms with E-state index in [2.05, 4.69) is 4.90 Å². The van der Waals surface area contributed by atoms with E-state index >= 15 is 0 Å². The summed E-state index contributed by atoms with van der Waals surface area (Å²) < 4.78 is 22.5. The van der Waals surface area contributed by atoms with Gasteiger partial charge in [0.2, 0.25) is 0 Å². The molecule has 0 unspecified atom stereocenters. The lowest BCUT2D eigenvalue weighted by atomic mass is 9.49. The number of piperidine rings is 1. The van der Waals surface area contributed by atoms with Gasteiger partial charge in [-0.15, -0.1) is 0 Å². The van der Waals surface area contributed by atoms with Crippen LogP contribution >= 0.6 is 0 Å². The second-order valence-electron chi connectivity index (χ2n) is 10.9.